The van der Waals surface area contributed by atoms with Crippen LogP contribution < -0.4 is 0 Å². The number of piperazine rings is 1. The molecule has 3 amide bonds. The van der Waals surface area contributed by atoms with Gasteiger partial charge in [0.05, 0.1) is 18.0 Å². The Morgan fingerprint density at radius 3 is 2.26 bits per heavy atom. The normalized spacial score (nSPS) is 22.1. The smallest absolute Gasteiger partial charge is 0.410 e. The molecule has 4 rings (SSSR count). The molecular weight excluding hydrogens is 462 g/mol. The maximum atomic E-state index is 13.0. The van der Waals surface area contributed by atoms with Crippen molar-refractivity contribution in [3.05, 3.63) is 34.7 Å². The van der Waals surface area contributed by atoms with Crippen molar-refractivity contribution in [2.45, 2.75) is 37.4 Å². The summed E-state index contributed by atoms with van der Waals surface area (Å²) in [5.41, 5.74) is -0.134. The van der Waals surface area contributed by atoms with Gasteiger partial charge in [0.2, 0.25) is 9.84 Å². The molecule has 34 heavy (non-hydrogen) atoms. The molecule has 0 radical (unpaired) electrons. The molecule has 0 aromatic heterocycles. The first-order valence-electron chi connectivity index (χ1n) is 11.2. The minimum atomic E-state index is -3.85. The number of hydrogen-bond donors (Lipinski definition) is 0. The average molecular weight is 492 g/mol. The molecule has 0 bridgehead atoms. The van der Waals surface area contributed by atoms with E-state index in [4.69, 9.17) is 9.47 Å². The van der Waals surface area contributed by atoms with Gasteiger partial charge in [0.15, 0.2) is 6.10 Å². The van der Waals surface area contributed by atoms with Crippen LogP contribution in [-0.4, -0.2) is 98.6 Å². The highest BCUT2D eigenvalue weighted by Crippen LogP contribution is 2.33. The van der Waals surface area contributed by atoms with Crippen LogP contribution >= 0.6 is 0 Å². The molecule has 0 aliphatic carbocycles. The zero-order chi connectivity index (χ0) is 24.7. The maximum Gasteiger partial charge on any atom is 0.410 e. The first-order chi connectivity index (χ1) is 16.0. The largest absolute Gasteiger partial charge is 0.444 e. The van der Waals surface area contributed by atoms with Gasteiger partial charge in [0, 0.05) is 32.7 Å². The van der Waals surface area contributed by atoms with Crippen molar-refractivity contribution < 1.29 is 32.3 Å². The fourth-order valence-corrected chi connectivity index (χ4v) is 5.71. The van der Waals surface area contributed by atoms with E-state index in [2.05, 4.69) is 0 Å². The van der Waals surface area contributed by atoms with E-state index in [0.29, 0.717) is 12.1 Å². The van der Waals surface area contributed by atoms with Gasteiger partial charge in [-0.3, -0.25) is 9.59 Å². The van der Waals surface area contributed by atoms with E-state index in [1.165, 1.54) is 21.9 Å². The molecule has 3 aliphatic rings. The first-order valence-corrected chi connectivity index (χ1v) is 12.7. The molecule has 1 aromatic rings. The number of ether oxygens (including phenoxy) is 2. The number of morpholine rings is 1. The standard InChI is InChI=1S/C23H29N3O7S/c1-23(2,3)33-22(29)26-12-13-32-17(15-26)20(27)24-8-10-25(11-9-24)21(28)19-14-16-6-4-5-7-18(16)34(19,30)31/h4-7,14,17H,8-13,15H2,1-3H3. The van der Waals surface area contributed by atoms with E-state index in [-0.39, 0.29) is 55.0 Å². The zero-order valence-corrected chi connectivity index (χ0v) is 20.3. The highest BCUT2D eigenvalue weighted by atomic mass is 32.2. The molecule has 1 aromatic carbocycles. The summed E-state index contributed by atoms with van der Waals surface area (Å²) in [7, 11) is -3.85. The quantitative estimate of drug-likeness (QED) is 0.609. The minimum Gasteiger partial charge on any atom is -0.444 e. The molecule has 3 aliphatic heterocycles. The Bertz CT molecular complexity index is 1130. The van der Waals surface area contributed by atoms with Crippen molar-refractivity contribution in [2.24, 2.45) is 0 Å². The fourth-order valence-electron chi connectivity index (χ4n) is 4.14. The lowest BCUT2D eigenvalue weighted by molar-refractivity contribution is -0.152. The van der Waals surface area contributed by atoms with Crippen LogP contribution in [0.1, 0.15) is 26.3 Å². The van der Waals surface area contributed by atoms with Gasteiger partial charge in [-0.25, -0.2) is 13.2 Å². The van der Waals surface area contributed by atoms with E-state index in [1.54, 1.807) is 43.9 Å². The molecule has 2 fully saturated rings. The third-order valence-corrected chi connectivity index (χ3v) is 7.69. The van der Waals surface area contributed by atoms with Gasteiger partial charge in [-0.2, -0.15) is 0 Å². The molecule has 0 saturated carbocycles. The fraction of sp³-hybridized carbons (Fsp3) is 0.522. The molecule has 184 valence electrons. The minimum absolute atomic E-state index is 0.0935. The third-order valence-electron chi connectivity index (χ3n) is 5.87. The van der Waals surface area contributed by atoms with Crippen LogP contribution in [0.5, 0.6) is 0 Å². The third kappa shape index (κ3) is 4.80. The van der Waals surface area contributed by atoms with Crippen LogP contribution in [0.4, 0.5) is 4.79 Å². The summed E-state index contributed by atoms with van der Waals surface area (Å²) >= 11 is 0. The van der Waals surface area contributed by atoms with E-state index in [9.17, 15) is 22.8 Å². The van der Waals surface area contributed by atoms with Crippen LogP contribution in [0.25, 0.3) is 6.08 Å². The molecule has 0 spiro atoms. The summed E-state index contributed by atoms with van der Waals surface area (Å²) in [5.74, 6) is -0.825. The molecule has 11 heteroatoms. The van der Waals surface area contributed by atoms with Crippen molar-refractivity contribution >= 4 is 33.8 Å². The summed E-state index contributed by atoms with van der Waals surface area (Å²) < 4.78 is 36.6. The highest BCUT2D eigenvalue weighted by Gasteiger charge is 2.39. The van der Waals surface area contributed by atoms with Crippen LogP contribution in [0.2, 0.25) is 0 Å². The number of hydrogen-bond acceptors (Lipinski definition) is 7. The Morgan fingerprint density at radius 2 is 1.62 bits per heavy atom. The molecule has 10 nitrogen and oxygen atoms in total. The number of fused-ring (bicyclic) bond motifs is 1. The van der Waals surface area contributed by atoms with E-state index in [1.807, 2.05) is 0 Å². The average Bonchev–Trinajstić information content (AvgIpc) is 3.08. The number of carbonyl (C=O) groups excluding carboxylic acids is 3. The number of nitrogens with zero attached hydrogens (tertiary/aromatic N) is 3. The summed E-state index contributed by atoms with van der Waals surface area (Å²) in [5, 5.41) is 0. The molecule has 1 atom stereocenters. The summed E-state index contributed by atoms with van der Waals surface area (Å²) in [4.78, 5) is 42.7. The Hall–Kier alpha value is -2.92. The van der Waals surface area contributed by atoms with Gasteiger partial charge < -0.3 is 24.2 Å². The van der Waals surface area contributed by atoms with Gasteiger partial charge in [-0.1, -0.05) is 18.2 Å². The van der Waals surface area contributed by atoms with Crippen molar-refractivity contribution in [3.63, 3.8) is 0 Å². The lowest BCUT2D eigenvalue weighted by Crippen LogP contribution is -2.57. The van der Waals surface area contributed by atoms with Gasteiger partial charge in [0.1, 0.15) is 10.5 Å². The lowest BCUT2D eigenvalue weighted by Gasteiger charge is -2.39. The molecule has 2 saturated heterocycles. The van der Waals surface area contributed by atoms with Crippen molar-refractivity contribution in [2.75, 3.05) is 45.9 Å². The maximum absolute atomic E-state index is 13.0. The van der Waals surface area contributed by atoms with Crippen LogP contribution in [-0.2, 0) is 28.9 Å². The molecule has 3 heterocycles. The number of sulfone groups is 1. The van der Waals surface area contributed by atoms with Gasteiger partial charge in [0.25, 0.3) is 11.8 Å². The summed E-state index contributed by atoms with van der Waals surface area (Å²) in [6.45, 7) is 6.89. The van der Waals surface area contributed by atoms with Crippen LogP contribution in [0.3, 0.4) is 0 Å². The van der Waals surface area contributed by atoms with E-state index >= 15 is 0 Å². The summed E-state index contributed by atoms with van der Waals surface area (Å²) in [6.07, 6.45) is 0.109. The Balaban J connectivity index is 1.35. The first kappa shape index (κ1) is 24.2. The van der Waals surface area contributed by atoms with Crippen molar-refractivity contribution in [1.82, 2.24) is 14.7 Å². The Morgan fingerprint density at radius 1 is 0.971 bits per heavy atom. The summed E-state index contributed by atoms with van der Waals surface area (Å²) in [6, 6.07) is 6.50. The monoisotopic (exact) mass is 491 g/mol. The van der Waals surface area contributed by atoms with Gasteiger partial charge in [-0.15, -0.1) is 0 Å². The second kappa shape index (κ2) is 9.03. The van der Waals surface area contributed by atoms with E-state index in [0.717, 1.165) is 0 Å². The van der Waals surface area contributed by atoms with Crippen molar-refractivity contribution in [1.29, 1.82) is 0 Å². The zero-order valence-electron chi connectivity index (χ0n) is 19.5. The predicted octanol–water partition coefficient (Wildman–Crippen LogP) is 1.12. The second-order valence-corrected chi connectivity index (χ2v) is 11.3. The Kier molecular flexibility index (Phi) is 6.43. The van der Waals surface area contributed by atoms with Gasteiger partial charge in [-0.05, 0) is 38.5 Å². The van der Waals surface area contributed by atoms with Crippen molar-refractivity contribution in [3.8, 4) is 0 Å². The molecular formula is C23H29N3O7S. The number of rotatable bonds is 2. The number of carbonyl (C=O) groups is 3. The SMILES string of the molecule is CC(C)(C)OC(=O)N1CCOC(C(=O)N2CCN(C(=O)C3=Cc4ccccc4S3(=O)=O)CC2)C1. The number of benzene rings is 1. The van der Waals surface area contributed by atoms with Crippen LogP contribution in [0.15, 0.2) is 34.1 Å². The lowest BCUT2D eigenvalue weighted by atomic mass is 10.2. The highest BCUT2D eigenvalue weighted by molar-refractivity contribution is 7.96. The topological polar surface area (TPSA) is 114 Å². The Labute approximate surface area is 199 Å². The van der Waals surface area contributed by atoms with E-state index < -0.39 is 33.5 Å². The van der Waals surface area contributed by atoms with Gasteiger partial charge >= 0.3 is 6.09 Å². The predicted molar refractivity (Wildman–Crippen MR) is 122 cm³/mol. The molecule has 0 N–H and O–H groups in total. The van der Waals surface area contributed by atoms with Crippen LogP contribution in [0, 0.1) is 0 Å². The second-order valence-electron chi connectivity index (χ2n) is 9.45. The number of amides is 3. The molecule has 1 unspecified atom stereocenters.